The Kier molecular flexibility index (Phi) is 5.29. The monoisotopic (exact) mass is 366 g/mol. The first-order chi connectivity index (χ1) is 12.0. The van der Waals surface area contributed by atoms with Crippen LogP contribution in [0.5, 0.6) is 0 Å². The molecule has 0 unspecified atom stereocenters. The number of aliphatic hydroxyl groups excluding tert-OH is 1. The number of rotatable bonds is 4. The number of hydrogen-bond donors (Lipinski definition) is 2. The molecular weight excluding hydrogens is 340 g/mol. The second-order valence-corrected chi connectivity index (χ2v) is 8.08. The molecule has 2 fully saturated rings. The van der Waals surface area contributed by atoms with Crippen LogP contribution < -0.4 is 5.73 Å². The summed E-state index contributed by atoms with van der Waals surface area (Å²) in [5, 5.41) is 9.63. The number of amides is 2. The van der Waals surface area contributed by atoms with E-state index < -0.39 is 0 Å². The van der Waals surface area contributed by atoms with Crippen molar-refractivity contribution in [1.82, 2.24) is 14.8 Å². The molecule has 3 heterocycles. The summed E-state index contributed by atoms with van der Waals surface area (Å²) in [6.07, 6.45) is 3.94. The van der Waals surface area contributed by atoms with Gasteiger partial charge in [-0.25, -0.2) is 4.98 Å². The van der Waals surface area contributed by atoms with Crippen LogP contribution in [-0.4, -0.2) is 64.5 Å². The highest BCUT2D eigenvalue weighted by atomic mass is 32.1. The maximum Gasteiger partial charge on any atom is 0.265 e. The third kappa shape index (κ3) is 3.64. The maximum atomic E-state index is 13.0. The Hall–Kier alpha value is -1.67. The third-order valence-electron chi connectivity index (χ3n) is 5.31. The van der Waals surface area contributed by atoms with E-state index in [4.69, 9.17) is 5.73 Å². The predicted molar refractivity (Wildman–Crippen MR) is 96.4 cm³/mol. The zero-order valence-corrected chi connectivity index (χ0v) is 15.5. The van der Waals surface area contributed by atoms with Crippen LogP contribution in [0.25, 0.3) is 0 Å². The lowest BCUT2D eigenvalue weighted by atomic mass is 9.73. The van der Waals surface area contributed by atoms with Crippen LogP contribution in [0.1, 0.15) is 48.0 Å². The number of thiazole rings is 1. The van der Waals surface area contributed by atoms with Crippen molar-refractivity contribution in [3.63, 3.8) is 0 Å². The molecule has 25 heavy (non-hydrogen) atoms. The molecule has 2 amide bonds. The SMILES string of the molecule is CCc1nc(N)sc1C(=O)N1CCC[C@]2(CCC(=O)N(CCO)C2)C1. The molecule has 0 aromatic carbocycles. The van der Waals surface area contributed by atoms with Crippen LogP contribution in [0.4, 0.5) is 5.13 Å². The number of aliphatic hydroxyl groups is 1. The Bertz CT molecular complexity index is 662. The molecule has 2 saturated heterocycles. The molecule has 3 rings (SSSR count). The molecule has 0 aliphatic carbocycles. The fraction of sp³-hybridized carbons (Fsp3) is 0.706. The number of hydrogen-bond acceptors (Lipinski definition) is 6. The largest absolute Gasteiger partial charge is 0.395 e. The van der Waals surface area contributed by atoms with Crippen LogP contribution in [0.15, 0.2) is 0 Å². The van der Waals surface area contributed by atoms with Gasteiger partial charge in [0.2, 0.25) is 5.91 Å². The average molecular weight is 366 g/mol. The fourth-order valence-electron chi connectivity index (χ4n) is 4.06. The lowest BCUT2D eigenvalue weighted by molar-refractivity contribution is -0.139. The van der Waals surface area contributed by atoms with Gasteiger partial charge in [-0.1, -0.05) is 18.3 Å². The van der Waals surface area contributed by atoms with Gasteiger partial charge in [-0.15, -0.1) is 0 Å². The number of nitrogens with zero attached hydrogens (tertiary/aromatic N) is 3. The van der Waals surface area contributed by atoms with Crippen molar-refractivity contribution in [1.29, 1.82) is 0 Å². The molecule has 138 valence electrons. The highest BCUT2D eigenvalue weighted by Crippen LogP contribution is 2.39. The Morgan fingerprint density at radius 2 is 2.20 bits per heavy atom. The topological polar surface area (TPSA) is 99.8 Å². The standard InChI is InChI=1S/C17H26N4O3S/c1-2-12-14(25-16(18)19-12)15(24)21-7-3-5-17(11-21)6-4-13(23)20(10-17)8-9-22/h22H,2-11H2,1H3,(H2,18,19)/t17-/m1/s1. The summed E-state index contributed by atoms with van der Waals surface area (Å²) in [6, 6.07) is 0. The van der Waals surface area contributed by atoms with Crippen LogP contribution in [0, 0.1) is 5.41 Å². The van der Waals surface area contributed by atoms with Gasteiger partial charge in [-0.3, -0.25) is 9.59 Å². The van der Waals surface area contributed by atoms with Gasteiger partial charge in [-0.2, -0.15) is 0 Å². The van der Waals surface area contributed by atoms with Crippen molar-refractivity contribution >= 4 is 28.3 Å². The molecule has 0 saturated carbocycles. The number of likely N-dealkylation sites (tertiary alicyclic amines) is 2. The van der Waals surface area contributed by atoms with Gasteiger partial charge < -0.3 is 20.6 Å². The van der Waals surface area contributed by atoms with Gasteiger partial charge in [0, 0.05) is 38.0 Å². The molecule has 7 nitrogen and oxygen atoms in total. The summed E-state index contributed by atoms with van der Waals surface area (Å²) in [6.45, 7) is 4.34. The lowest BCUT2D eigenvalue weighted by Crippen LogP contribution is -2.55. The quantitative estimate of drug-likeness (QED) is 0.832. The third-order valence-corrected chi connectivity index (χ3v) is 6.22. The van der Waals surface area contributed by atoms with Gasteiger partial charge in [0.1, 0.15) is 4.88 Å². The number of carbonyl (C=O) groups is 2. The van der Waals surface area contributed by atoms with E-state index in [0.29, 0.717) is 42.5 Å². The van der Waals surface area contributed by atoms with Crippen molar-refractivity contribution in [2.75, 3.05) is 38.5 Å². The highest BCUT2D eigenvalue weighted by Gasteiger charge is 2.43. The Labute approximate surface area is 151 Å². The van der Waals surface area contributed by atoms with Crippen LogP contribution >= 0.6 is 11.3 Å². The van der Waals surface area contributed by atoms with Crippen molar-refractivity contribution < 1.29 is 14.7 Å². The number of nitrogen functional groups attached to an aromatic ring is 1. The first-order valence-electron chi connectivity index (χ1n) is 8.91. The van der Waals surface area contributed by atoms with Crippen LogP contribution in [0.2, 0.25) is 0 Å². The van der Waals surface area contributed by atoms with E-state index in [1.165, 1.54) is 11.3 Å². The van der Waals surface area contributed by atoms with E-state index in [2.05, 4.69) is 4.98 Å². The van der Waals surface area contributed by atoms with E-state index >= 15 is 0 Å². The van der Waals surface area contributed by atoms with Crippen molar-refractivity contribution in [3.8, 4) is 0 Å². The van der Waals surface area contributed by atoms with Gasteiger partial charge >= 0.3 is 0 Å². The Morgan fingerprint density at radius 3 is 2.92 bits per heavy atom. The summed E-state index contributed by atoms with van der Waals surface area (Å²) in [7, 11) is 0. The number of anilines is 1. The molecule has 3 N–H and O–H groups in total. The van der Waals surface area contributed by atoms with Crippen LogP contribution in [-0.2, 0) is 11.2 Å². The number of nitrogens with two attached hydrogens (primary N) is 1. The minimum absolute atomic E-state index is 0.00994. The number of carbonyl (C=O) groups excluding carboxylic acids is 2. The number of piperidine rings is 2. The maximum absolute atomic E-state index is 13.0. The molecular formula is C17H26N4O3S. The molecule has 1 spiro atoms. The molecule has 0 radical (unpaired) electrons. The second-order valence-electron chi connectivity index (χ2n) is 7.05. The Balaban J connectivity index is 1.76. The normalized spacial score (nSPS) is 24.2. The number of β-amino-alcohol motifs (C(OH)–C–C–N with tert-alkyl or cyclic N) is 1. The van der Waals surface area contributed by atoms with Gasteiger partial charge in [0.15, 0.2) is 5.13 Å². The average Bonchev–Trinajstić information content (AvgIpc) is 2.99. The molecule has 8 heteroatoms. The first-order valence-corrected chi connectivity index (χ1v) is 9.73. The second kappa shape index (κ2) is 7.29. The fourth-order valence-corrected chi connectivity index (χ4v) is 4.95. The smallest absolute Gasteiger partial charge is 0.265 e. The van der Waals surface area contributed by atoms with E-state index in [1.54, 1.807) is 4.90 Å². The van der Waals surface area contributed by atoms with Gasteiger partial charge in [0.25, 0.3) is 5.91 Å². The van der Waals surface area contributed by atoms with E-state index in [9.17, 15) is 14.7 Å². The first kappa shape index (κ1) is 18.1. The van der Waals surface area contributed by atoms with E-state index in [0.717, 1.165) is 31.5 Å². The summed E-state index contributed by atoms with van der Waals surface area (Å²) in [5.74, 6) is 0.113. The summed E-state index contributed by atoms with van der Waals surface area (Å²) < 4.78 is 0. The predicted octanol–water partition coefficient (Wildman–Crippen LogP) is 1.12. The number of aromatic nitrogens is 1. The highest BCUT2D eigenvalue weighted by molar-refractivity contribution is 7.17. The van der Waals surface area contributed by atoms with Crippen LogP contribution in [0.3, 0.4) is 0 Å². The molecule has 2 aliphatic rings. The molecule has 1 aromatic rings. The van der Waals surface area contributed by atoms with Crippen molar-refractivity contribution in [2.45, 2.75) is 39.0 Å². The lowest BCUT2D eigenvalue weighted by Gasteiger charge is -2.48. The zero-order valence-electron chi connectivity index (χ0n) is 14.7. The number of aryl methyl sites for hydroxylation is 1. The minimum atomic E-state index is -0.0560. The zero-order chi connectivity index (χ0) is 18.0. The Morgan fingerprint density at radius 1 is 1.40 bits per heavy atom. The molecule has 2 aliphatic heterocycles. The van der Waals surface area contributed by atoms with E-state index in [1.807, 2.05) is 11.8 Å². The molecule has 1 aromatic heterocycles. The van der Waals surface area contributed by atoms with Gasteiger partial charge in [0.05, 0.1) is 12.3 Å². The summed E-state index contributed by atoms with van der Waals surface area (Å²) in [5.41, 5.74) is 6.51. The van der Waals surface area contributed by atoms with Crippen molar-refractivity contribution in [2.24, 2.45) is 5.41 Å². The molecule has 1 atom stereocenters. The summed E-state index contributed by atoms with van der Waals surface area (Å²) >= 11 is 1.26. The van der Waals surface area contributed by atoms with Crippen molar-refractivity contribution in [3.05, 3.63) is 10.6 Å². The van der Waals surface area contributed by atoms with E-state index in [-0.39, 0.29) is 23.8 Å². The summed E-state index contributed by atoms with van der Waals surface area (Å²) in [4.78, 5) is 33.6. The minimum Gasteiger partial charge on any atom is -0.395 e. The molecule has 0 bridgehead atoms. The van der Waals surface area contributed by atoms with Gasteiger partial charge in [-0.05, 0) is 25.7 Å².